The summed E-state index contributed by atoms with van der Waals surface area (Å²) in [5.74, 6) is 1.04. The SMILES string of the molecule is CC(C)c1ccc([C@](O)(c2cncc(-c3noc(C4(O)CCC4)n3)c2)C2(C)CN(C)C2)cc1. The molecule has 7 nitrogen and oxygen atoms in total. The van der Waals surface area contributed by atoms with E-state index >= 15 is 0 Å². The Morgan fingerprint density at radius 2 is 1.79 bits per heavy atom. The molecule has 2 fully saturated rings. The van der Waals surface area contributed by atoms with Crippen LogP contribution < -0.4 is 0 Å². The first-order valence-electron chi connectivity index (χ1n) is 11.7. The second-order valence-electron chi connectivity index (χ2n) is 10.5. The summed E-state index contributed by atoms with van der Waals surface area (Å²) >= 11 is 0. The summed E-state index contributed by atoms with van der Waals surface area (Å²) in [7, 11) is 2.06. The molecule has 7 heteroatoms. The van der Waals surface area contributed by atoms with Gasteiger partial charge in [-0.3, -0.25) is 4.98 Å². The highest BCUT2D eigenvalue weighted by Gasteiger charge is 2.55. The molecular weight excluding hydrogens is 416 g/mol. The van der Waals surface area contributed by atoms with E-state index in [1.54, 1.807) is 12.4 Å². The Labute approximate surface area is 194 Å². The molecule has 1 saturated heterocycles. The summed E-state index contributed by atoms with van der Waals surface area (Å²) < 4.78 is 5.38. The Balaban J connectivity index is 1.56. The zero-order valence-electron chi connectivity index (χ0n) is 19.7. The minimum atomic E-state index is -1.24. The van der Waals surface area contributed by atoms with Gasteiger partial charge >= 0.3 is 0 Å². The number of likely N-dealkylation sites (tertiary alicyclic amines) is 1. The first-order valence-corrected chi connectivity index (χ1v) is 11.7. The van der Waals surface area contributed by atoms with Crippen LogP contribution in [0, 0.1) is 5.41 Å². The highest BCUT2D eigenvalue weighted by atomic mass is 16.5. The summed E-state index contributed by atoms with van der Waals surface area (Å²) in [5.41, 5.74) is 0.789. The van der Waals surface area contributed by atoms with E-state index in [0.29, 0.717) is 35.7 Å². The van der Waals surface area contributed by atoms with E-state index < -0.39 is 11.2 Å². The topological polar surface area (TPSA) is 95.5 Å². The van der Waals surface area contributed by atoms with Crippen LogP contribution in [0.2, 0.25) is 0 Å². The minimum Gasteiger partial charge on any atom is -0.380 e. The largest absolute Gasteiger partial charge is 0.380 e. The average molecular weight is 449 g/mol. The normalized spacial score (nSPS) is 21.3. The molecule has 1 aliphatic carbocycles. The molecule has 0 bridgehead atoms. The predicted molar refractivity (Wildman–Crippen MR) is 124 cm³/mol. The van der Waals surface area contributed by atoms with E-state index in [2.05, 4.69) is 60.0 Å². The van der Waals surface area contributed by atoms with Gasteiger partial charge < -0.3 is 19.6 Å². The second kappa shape index (κ2) is 7.72. The van der Waals surface area contributed by atoms with E-state index in [0.717, 1.165) is 25.1 Å². The molecule has 174 valence electrons. The van der Waals surface area contributed by atoms with Crippen molar-refractivity contribution in [2.75, 3.05) is 20.1 Å². The third kappa shape index (κ3) is 3.50. The van der Waals surface area contributed by atoms with Gasteiger partial charge in [-0.15, -0.1) is 0 Å². The molecule has 5 rings (SSSR count). The smallest absolute Gasteiger partial charge is 0.258 e. The number of rotatable bonds is 6. The average Bonchev–Trinajstić information content (AvgIpc) is 3.27. The molecule has 2 N–H and O–H groups in total. The highest BCUT2D eigenvalue weighted by Crippen LogP contribution is 2.50. The predicted octanol–water partition coefficient (Wildman–Crippen LogP) is 3.81. The van der Waals surface area contributed by atoms with Crippen LogP contribution in [0.15, 0.2) is 47.2 Å². The van der Waals surface area contributed by atoms with Crippen molar-refractivity contribution in [3.63, 3.8) is 0 Å². The molecule has 1 aromatic carbocycles. The van der Waals surface area contributed by atoms with Gasteiger partial charge in [0.15, 0.2) is 0 Å². The summed E-state index contributed by atoms with van der Waals surface area (Å²) in [6, 6.07) is 10.2. The molecule has 0 amide bonds. The maximum atomic E-state index is 12.4. The fraction of sp³-hybridized carbons (Fsp3) is 0.500. The van der Waals surface area contributed by atoms with E-state index in [1.165, 1.54) is 5.56 Å². The molecule has 3 heterocycles. The highest BCUT2D eigenvalue weighted by molar-refractivity contribution is 5.56. The number of pyridine rings is 1. The molecule has 0 unspecified atom stereocenters. The molecular formula is C26H32N4O3. The van der Waals surface area contributed by atoms with Gasteiger partial charge in [0.1, 0.15) is 11.2 Å². The number of nitrogens with zero attached hydrogens (tertiary/aromatic N) is 4. The molecule has 0 spiro atoms. The van der Waals surface area contributed by atoms with Gasteiger partial charge in [0.25, 0.3) is 5.89 Å². The van der Waals surface area contributed by atoms with Gasteiger partial charge in [0.05, 0.1) is 0 Å². The van der Waals surface area contributed by atoms with Crippen molar-refractivity contribution in [2.24, 2.45) is 5.41 Å². The molecule has 2 aromatic heterocycles. The van der Waals surface area contributed by atoms with Crippen LogP contribution in [0.1, 0.15) is 68.5 Å². The molecule has 33 heavy (non-hydrogen) atoms. The zero-order valence-corrected chi connectivity index (χ0v) is 19.7. The molecule has 1 atom stereocenters. The summed E-state index contributed by atoms with van der Waals surface area (Å²) in [5, 5.41) is 27.0. The quantitative estimate of drug-likeness (QED) is 0.592. The van der Waals surface area contributed by atoms with Crippen LogP contribution in [-0.4, -0.2) is 50.4 Å². The third-order valence-electron chi connectivity index (χ3n) is 7.53. The molecule has 0 radical (unpaired) electrons. The first kappa shape index (κ1) is 22.2. The fourth-order valence-corrected chi connectivity index (χ4v) is 5.36. The van der Waals surface area contributed by atoms with E-state index in [1.807, 2.05) is 18.2 Å². The minimum absolute atomic E-state index is 0.251. The number of aliphatic hydroxyl groups is 2. The van der Waals surface area contributed by atoms with Crippen molar-refractivity contribution >= 4 is 0 Å². The maximum absolute atomic E-state index is 12.4. The lowest BCUT2D eigenvalue weighted by Gasteiger charge is -2.55. The monoisotopic (exact) mass is 448 g/mol. The first-order chi connectivity index (χ1) is 15.6. The fourth-order valence-electron chi connectivity index (χ4n) is 5.36. The van der Waals surface area contributed by atoms with Crippen LogP contribution in [0.5, 0.6) is 0 Å². The maximum Gasteiger partial charge on any atom is 0.258 e. The van der Waals surface area contributed by atoms with Gasteiger partial charge in [-0.05, 0) is 49.4 Å². The van der Waals surface area contributed by atoms with Crippen molar-refractivity contribution in [3.8, 4) is 11.4 Å². The van der Waals surface area contributed by atoms with E-state index in [4.69, 9.17) is 4.52 Å². The Morgan fingerprint density at radius 3 is 2.36 bits per heavy atom. The van der Waals surface area contributed by atoms with Gasteiger partial charge in [-0.25, -0.2) is 0 Å². The van der Waals surface area contributed by atoms with Gasteiger partial charge in [-0.2, -0.15) is 4.98 Å². The Bertz CT molecular complexity index is 1150. The van der Waals surface area contributed by atoms with Crippen LogP contribution in [-0.2, 0) is 11.2 Å². The standard InChI is InChI=1S/C26H32N4O3/c1-17(2)18-6-8-20(9-7-18)26(32,24(3)15-30(4)16-24)21-12-19(13-27-14-21)22-28-23(33-29-22)25(31)10-5-11-25/h6-9,12-14,17,31-32H,5,10-11,15-16H2,1-4H3/t26-/m0/s1. The Morgan fingerprint density at radius 1 is 1.09 bits per heavy atom. The van der Waals surface area contributed by atoms with Crippen LogP contribution >= 0.6 is 0 Å². The molecule has 1 aliphatic heterocycles. The summed E-state index contributed by atoms with van der Waals surface area (Å²) in [6.45, 7) is 7.97. The van der Waals surface area contributed by atoms with Crippen molar-refractivity contribution in [1.82, 2.24) is 20.0 Å². The van der Waals surface area contributed by atoms with Crippen LogP contribution in [0.4, 0.5) is 0 Å². The lowest BCUT2D eigenvalue weighted by atomic mass is 9.62. The second-order valence-corrected chi connectivity index (χ2v) is 10.5. The third-order valence-corrected chi connectivity index (χ3v) is 7.53. The van der Waals surface area contributed by atoms with E-state index in [9.17, 15) is 10.2 Å². The lowest BCUT2D eigenvalue weighted by molar-refractivity contribution is -0.127. The van der Waals surface area contributed by atoms with Gasteiger partial charge in [0.2, 0.25) is 5.82 Å². The summed E-state index contributed by atoms with van der Waals surface area (Å²) in [6.07, 6.45) is 5.60. The van der Waals surface area contributed by atoms with Crippen molar-refractivity contribution in [3.05, 3.63) is 65.3 Å². The van der Waals surface area contributed by atoms with Gasteiger partial charge in [-0.1, -0.05) is 50.2 Å². The molecule has 1 saturated carbocycles. The lowest BCUT2D eigenvalue weighted by Crippen LogP contribution is -2.63. The van der Waals surface area contributed by atoms with Crippen LogP contribution in [0.3, 0.4) is 0 Å². The Kier molecular flexibility index (Phi) is 5.19. The molecule has 2 aliphatic rings. The summed E-state index contributed by atoms with van der Waals surface area (Å²) in [4.78, 5) is 11.1. The van der Waals surface area contributed by atoms with Crippen molar-refractivity contribution in [2.45, 2.75) is 57.2 Å². The number of aromatic nitrogens is 3. The van der Waals surface area contributed by atoms with E-state index in [-0.39, 0.29) is 11.3 Å². The Hall–Kier alpha value is -2.61. The molecule has 3 aromatic rings. The van der Waals surface area contributed by atoms with Crippen LogP contribution in [0.25, 0.3) is 11.4 Å². The number of hydrogen-bond donors (Lipinski definition) is 2. The van der Waals surface area contributed by atoms with Crippen molar-refractivity contribution < 1.29 is 14.7 Å². The number of benzene rings is 1. The zero-order chi connectivity index (χ0) is 23.4. The van der Waals surface area contributed by atoms with Gasteiger partial charge in [0, 0.05) is 42.0 Å². The van der Waals surface area contributed by atoms with Crippen molar-refractivity contribution in [1.29, 1.82) is 0 Å². The number of hydrogen-bond acceptors (Lipinski definition) is 7.